The van der Waals surface area contributed by atoms with Crippen molar-refractivity contribution in [1.29, 1.82) is 0 Å². The minimum atomic E-state index is -1.66. The Hall–Kier alpha value is -1.13. The molecular weight excluding hydrogens is 292 g/mol. The smallest absolute Gasteiger partial charge is 0.317 e. The highest BCUT2D eigenvalue weighted by atomic mass is 28.4. The van der Waals surface area contributed by atoms with Gasteiger partial charge >= 0.3 is 5.97 Å². The molecule has 2 atom stereocenters. The van der Waals surface area contributed by atoms with Crippen molar-refractivity contribution in [3.05, 3.63) is 30.3 Å². The quantitative estimate of drug-likeness (QED) is 0.469. The molecule has 0 unspecified atom stereocenters. The molecule has 3 rings (SSSR count). The van der Waals surface area contributed by atoms with Crippen LogP contribution in [0.2, 0.25) is 19.6 Å². The van der Waals surface area contributed by atoms with Crippen molar-refractivity contribution in [3.63, 3.8) is 0 Å². The molecule has 2 aliphatic carbocycles. The summed E-state index contributed by atoms with van der Waals surface area (Å²) in [6, 6.07) is 9.38. The van der Waals surface area contributed by atoms with Crippen LogP contribution in [-0.2, 0) is 9.22 Å². The first kappa shape index (κ1) is 15.8. The van der Waals surface area contributed by atoms with Crippen LogP contribution in [0, 0.1) is 11.3 Å². The Morgan fingerprint density at radius 2 is 1.73 bits per heavy atom. The highest BCUT2D eigenvalue weighted by molar-refractivity contribution is 6.69. The van der Waals surface area contributed by atoms with E-state index in [-0.39, 0.29) is 23.4 Å². The lowest BCUT2D eigenvalue weighted by molar-refractivity contribution is -0.137. The van der Waals surface area contributed by atoms with Crippen molar-refractivity contribution in [2.45, 2.75) is 57.8 Å². The maximum absolute atomic E-state index is 12.7. The molecule has 1 spiro atoms. The molecule has 2 fully saturated rings. The zero-order valence-electron chi connectivity index (χ0n) is 13.8. The van der Waals surface area contributed by atoms with Gasteiger partial charge in [-0.25, -0.2) is 0 Å². The summed E-state index contributed by atoms with van der Waals surface area (Å²) in [5.74, 6) is 0.466. The monoisotopic (exact) mass is 318 g/mol. The number of hydrogen-bond acceptors (Lipinski definition) is 3. The molecule has 3 nitrogen and oxygen atoms in total. The van der Waals surface area contributed by atoms with Gasteiger partial charge in [-0.3, -0.25) is 4.79 Å². The van der Waals surface area contributed by atoms with Crippen LogP contribution in [0.3, 0.4) is 0 Å². The average molecular weight is 318 g/mol. The second-order valence-electron chi connectivity index (χ2n) is 7.66. The minimum Gasteiger partial charge on any atom is -0.426 e. The Morgan fingerprint density at radius 1 is 1.09 bits per heavy atom. The second kappa shape index (κ2) is 5.82. The standard InChI is InChI=1S/C18H26O3Si/c1-22(2,3)21-16-15(18(16)12-8-5-9-13-18)17(19)20-14-10-6-4-7-11-14/h4,6-7,10-11,15-16H,5,8-9,12-13H2,1-3H3/t15-,16+/m1/s1. The van der Waals surface area contributed by atoms with Gasteiger partial charge in [0.1, 0.15) is 5.75 Å². The molecule has 0 bridgehead atoms. The van der Waals surface area contributed by atoms with Gasteiger partial charge in [0.2, 0.25) is 0 Å². The fourth-order valence-corrected chi connectivity index (χ4v) is 4.98. The van der Waals surface area contributed by atoms with E-state index in [0.717, 1.165) is 12.8 Å². The van der Waals surface area contributed by atoms with Crippen LogP contribution in [0.25, 0.3) is 0 Å². The van der Waals surface area contributed by atoms with Gasteiger partial charge in [0.25, 0.3) is 0 Å². The molecule has 0 N–H and O–H groups in total. The molecule has 2 saturated carbocycles. The number of carbonyl (C=O) groups is 1. The maximum atomic E-state index is 12.7. The summed E-state index contributed by atoms with van der Waals surface area (Å²) >= 11 is 0. The second-order valence-corrected chi connectivity index (χ2v) is 12.1. The fourth-order valence-electron chi connectivity index (χ4n) is 3.85. The summed E-state index contributed by atoms with van der Waals surface area (Å²) in [6.45, 7) is 6.59. The van der Waals surface area contributed by atoms with Crippen molar-refractivity contribution in [3.8, 4) is 5.75 Å². The molecule has 0 amide bonds. The highest BCUT2D eigenvalue weighted by Crippen LogP contribution is 2.63. The van der Waals surface area contributed by atoms with E-state index in [0.29, 0.717) is 5.75 Å². The number of rotatable bonds is 4. The predicted octanol–water partition coefficient (Wildman–Crippen LogP) is 4.39. The zero-order chi connectivity index (χ0) is 15.8. The first-order chi connectivity index (χ1) is 10.4. The van der Waals surface area contributed by atoms with Crippen molar-refractivity contribution in [2.24, 2.45) is 11.3 Å². The Bertz CT molecular complexity index is 529. The van der Waals surface area contributed by atoms with Crippen LogP contribution in [0.4, 0.5) is 0 Å². The van der Waals surface area contributed by atoms with Crippen LogP contribution in [0.1, 0.15) is 32.1 Å². The molecule has 0 aromatic heterocycles. The Morgan fingerprint density at radius 3 is 2.32 bits per heavy atom. The van der Waals surface area contributed by atoms with Crippen LogP contribution in [0.15, 0.2) is 30.3 Å². The Kier molecular flexibility index (Phi) is 4.16. The fraction of sp³-hybridized carbons (Fsp3) is 0.611. The van der Waals surface area contributed by atoms with Crippen LogP contribution < -0.4 is 4.74 Å². The third-order valence-electron chi connectivity index (χ3n) is 4.86. The third kappa shape index (κ3) is 3.13. The minimum absolute atomic E-state index is 0.0599. The largest absolute Gasteiger partial charge is 0.426 e. The molecule has 1 aromatic rings. The summed E-state index contributed by atoms with van der Waals surface area (Å²) < 4.78 is 12.0. The summed E-state index contributed by atoms with van der Waals surface area (Å²) in [7, 11) is -1.66. The summed E-state index contributed by atoms with van der Waals surface area (Å²) in [6.07, 6.45) is 5.99. The van der Waals surface area contributed by atoms with Crippen molar-refractivity contribution >= 4 is 14.3 Å². The number of ether oxygens (including phenoxy) is 1. The lowest BCUT2D eigenvalue weighted by Crippen LogP contribution is -2.29. The van der Waals surface area contributed by atoms with Crippen molar-refractivity contribution in [1.82, 2.24) is 0 Å². The van der Waals surface area contributed by atoms with Gasteiger partial charge in [-0.1, -0.05) is 37.5 Å². The normalized spacial score (nSPS) is 26.7. The lowest BCUT2D eigenvalue weighted by atomic mass is 9.84. The number of esters is 1. The number of hydrogen-bond donors (Lipinski definition) is 0. The van der Waals surface area contributed by atoms with Gasteiger partial charge in [0.05, 0.1) is 12.0 Å². The SMILES string of the molecule is C[Si](C)(C)O[C@H]1[C@H](C(=O)Oc2ccccc2)C12CCCCC2. The lowest BCUT2D eigenvalue weighted by Gasteiger charge is -2.25. The third-order valence-corrected chi connectivity index (χ3v) is 5.82. The van der Waals surface area contributed by atoms with E-state index >= 15 is 0 Å². The van der Waals surface area contributed by atoms with E-state index in [9.17, 15) is 4.79 Å². The molecule has 1 aromatic carbocycles. The average Bonchev–Trinajstić information content (AvgIpc) is 3.04. The van der Waals surface area contributed by atoms with Gasteiger partial charge < -0.3 is 9.16 Å². The molecule has 0 saturated heterocycles. The van der Waals surface area contributed by atoms with E-state index in [2.05, 4.69) is 19.6 Å². The van der Waals surface area contributed by atoms with Gasteiger partial charge in [0, 0.05) is 5.41 Å². The molecule has 120 valence electrons. The molecular formula is C18H26O3Si. The van der Waals surface area contributed by atoms with E-state index in [4.69, 9.17) is 9.16 Å². The number of benzene rings is 1. The van der Waals surface area contributed by atoms with E-state index in [1.54, 1.807) is 0 Å². The van der Waals surface area contributed by atoms with Crippen LogP contribution >= 0.6 is 0 Å². The predicted molar refractivity (Wildman–Crippen MR) is 89.3 cm³/mol. The van der Waals surface area contributed by atoms with Gasteiger partial charge in [-0.2, -0.15) is 0 Å². The molecule has 4 heteroatoms. The first-order valence-electron chi connectivity index (χ1n) is 8.37. The van der Waals surface area contributed by atoms with Gasteiger partial charge in [-0.05, 0) is 44.6 Å². The maximum Gasteiger partial charge on any atom is 0.317 e. The van der Waals surface area contributed by atoms with Gasteiger partial charge in [0.15, 0.2) is 8.32 Å². The topological polar surface area (TPSA) is 35.5 Å². The van der Waals surface area contributed by atoms with Crippen LogP contribution in [0.5, 0.6) is 5.75 Å². The number of carbonyl (C=O) groups excluding carboxylic acids is 1. The van der Waals surface area contributed by atoms with E-state index in [1.165, 1.54) is 19.3 Å². The zero-order valence-corrected chi connectivity index (χ0v) is 14.8. The van der Waals surface area contributed by atoms with Crippen LogP contribution in [-0.4, -0.2) is 20.4 Å². The van der Waals surface area contributed by atoms with E-state index in [1.807, 2.05) is 30.3 Å². The molecule has 22 heavy (non-hydrogen) atoms. The number of para-hydroxylation sites is 1. The Labute approximate surface area is 134 Å². The van der Waals surface area contributed by atoms with Crippen molar-refractivity contribution in [2.75, 3.05) is 0 Å². The van der Waals surface area contributed by atoms with Crippen molar-refractivity contribution < 1.29 is 14.0 Å². The van der Waals surface area contributed by atoms with Gasteiger partial charge in [-0.15, -0.1) is 0 Å². The Balaban J connectivity index is 1.74. The summed E-state index contributed by atoms with van der Waals surface area (Å²) in [4.78, 5) is 12.7. The summed E-state index contributed by atoms with van der Waals surface area (Å²) in [5.41, 5.74) is 0.0599. The van der Waals surface area contributed by atoms with E-state index < -0.39 is 8.32 Å². The molecule has 0 heterocycles. The highest BCUT2D eigenvalue weighted by Gasteiger charge is 2.69. The molecule has 0 aliphatic heterocycles. The first-order valence-corrected chi connectivity index (χ1v) is 11.8. The molecule has 2 aliphatic rings. The molecule has 0 radical (unpaired) electrons. The summed E-state index contributed by atoms with van der Waals surface area (Å²) in [5, 5.41) is 0.